The quantitative estimate of drug-likeness (QED) is 0.738. The van der Waals surface area contributed by atoms with Crippen molar-refractivity contribution < 1.29 is 0 Å². The predicted molar refractivity (Wildman–Crippen MR) is 114 cm³/mol. The molecule has 1 saturated carbocycles. The molecule has 1 aliphatic carbocycles. The van der Waals surface area contributed by atoms with E-state index in [1.807, 2.05) is 12.3 Å². The van der Waals surface area contributed by atoms with Crippen molar-refractivity contribution in [1.82, 2.24) is 19.8 Å². The largest absolute Gasteiger partial charge is 0.352 e. The molecule has 0 aromatic carbocycles. The van der Waals surface area contributed by atoms with Gasteiger partial charge in [0.15, 0.2) is 5.11 Å². The predicted octanol–water partition coefficient (Wildman–Crippen LogP) is 5.00. The van der Waals surface area contributed by atoms with E-state index in [0.717, 1.165) is 23.8 Å². The molecule has 1 saturated heterocycles. The van der Waals surface area contributed by atoms with Crippen LogP contribution in [0, 0.1) is 13.8 Å². The lowest BCUT2D eigenvalue weighted by atomic mass is 9.96. The molecule has 2 unspecified atom stereocenters. The Morgan fingerprint density at radius 3 is 2.67 bits per heavy atom. The Balaban J connectivity index is 1.78. The number of hydrogen-bond acceptors (Lipinski definition) is 2. The summed E-state index contributed by atoms with van der Waals surface area (Å²) < 4.78 is 2.59. The lowest BCUT2D eigenvalue weighted by Crippen LogP contribution is -2.30. The van der Waals surface area contributed by atoms with Gasteiger partial charge in [-0.15, -0.1) is 0 Å². The first-order valence-corrected chi connectivity index (χ1v) is 10.7. The Bertz CT molecular complexity index is 807. The third-order valence-corrected chi connectivity index (χ3v) is 6.55. The molecule has 2 aliphatic rings. The lowest BCUT2D eigenvalue weighted by Gasteiger charge is -2.28. The van der Waals surface area contributed by atoms with E-state index in [2.05, 4.69) is 58.7 Å². The second-order valence-electron chi connectivity index (χ2n) is 7.95. The first kappa shape index (κ1) is 18.5. The highest BCUT2D eigenvalue weighted by molar-refractivity contribution is 7.80. The summed E-state index contributed by atoms with van der Waals surface area (Å²) in [6.45, 7) is 7.74. The fraction of sp³-hybridized carbons (Fsp3) is 0.545. The van der Waals surface area contributed by atoms with Crippen LogP contribution in [0.5, 0.6) is 0 Å². The molecule has 0 spiro atoms. The van der Waals surface area contributed by atoms with Gasteiger partial charge >= 0.3 is 0 Å². The van der Waals surface area contributed by atoms with Crippen molar-refractivity contribution in [2.24, 2.45) is 0 Å². The number of hydrogen-bond donors (Lipinski definition) is 1. The summed E-state index contributed by atoms with van der Waals surface area (Å²) in [5.41, 5.74) is 5.24. The molecule has 1 N–H and O–H groups in total. The van der Waals surface area contributed by atoms with Gasteiger partial charge in [-0.05, 0) is 69.1 Å². The van der Waals surface area contributed by atoms with E-state index in [-0.39, 0.29) is 12.1 Å². The number of nitrogens with zero attached hydrogens (tertiary/aromatic N) is 3. The van der Waals surface area contributed by atoms with Crippen LogP contribution in [-0.2, 0) is 0 Å². The summed E-state index contributed by atoms with van der Waals surface area (Å²) >= 11 is 5.73. The first-order valence-electron chi connectivity index (χ1n) is 10.3. The molecule has 2 atom stereocenters. The van der Waals surface area contributed by atoms with Crippen LogP contribution in [0.15, 0.2) is 30.5 Å². The van der Waals surface area contributed by atoms with Crippen LogP contribution in [0.2, 0.25) is 0 Å². The first-order chi connectivity index (χ1) is 13.1. The van der Waals surface area contributed by atoms with Crippen molar-refractivity contribution in [3.8, 4) is 0 Å². The van der Waals surface area contributed by atoms with E-state index in [4.69, 9.17) is 12.2 Å². The SMILES string of the molecule is CCCN1C(=S)NC(c2ccccn2)C1c1cc(C)n(C2CCCC2)c1C. The van der Waals surface area contributed by atoms with Crippen molar-refractivity contribution in [3.63, 3.8) is 0 Å². The Hall–Kier alpha value is -1.88. The smallest absolute Gasteiger partial charge is 0.170 e. The van der Waals surface area contributed by atoms with E-state index in [0.29, 0.717) is 6.04 Å². The van der Waals surface area contributed by atoms with Gasteiger partial charge in [-0.2, -0.15) is 0 Å². The van der Waals surface area contributed by atoms with E-state index in [1.165, 1.54) is 42.6 Å². The molecular formula is C22H30N4S. The van der Waals surface area contributed by atoms with Crippen LogP contribution < -0.4 is 5.32 Å². The molecule has 4 rings (SSSR count). The highest BCUT2D eigenvalue weighted by atomic mass is 32.1. The number of rotatable bonds is 5. The number of pyridine rings is 1. The van der Waals surface area contributed by atoms with Crippen LogP contribution >= 0.6 is 12.2 Å². The maximum atomic E-state index is 5.73. The van der Waals surface area contributed by atoms with Crippen LogP contribution in [0.3, 0.4) is 0 Å². The zero-order valence-electron chi connectivity index (χ0n) is 16.6. The highest BCUT2D eigenvalue weighted by Gasteiger charge is 2.41. The normalized spacial score (nSPS) is 23.2. The number of aromatic nitrogens is 2. The fourth-order valence-corrected chi connectivity index (χ4v) is 5.38. The second kappa shape index (κ2) is 7.63. The Morgan fingerprint density at radius 1 is 1.22 bits per heavy atom. The molecule has 0 amide bonds. The van der Waals surface area contributed by atoms with Gasteiger partial charge in [-0.1, -0.05) is 25.8 Å². The molecule has 0 radical (unpaired) electrons. The topological polar surface area (TPSA) is 33.1 Å². The zero-order chi connectivity index (χ0) is 19.0. The molecule has 5 heteroatoms. The van der Waals surface area contributed by atoms with Crippen LogP contribution in [0.25, 0.3) is 0 Å². The van der Waals surface area contributed by atoms with Gasteiger partial charge in [0, 0.05) is 30.2 Å². The zero-order valence-corrected chi connectivity index (χ0v) is 17.4. The third kappa shape index (κ3) is 3.27. The van der Waals surface area contributed by atoms with Gasteiger partial charge in [0.2, 0.25) is 0 Å². The molecule has 3 heterocycles. The molecule has 0 bridgehead atoms. The Kier molecular flexibility index (Phi) is 5.22. The van der Waals surface area contributed by atoms with Crippen LogP contribution in [0.1, 0.15) is 79.8 Å². The maximum Gasteiger partial charge on any atom is 0.170 e. The molecule has 2 fully saturated rings. The van der Waals surface area contributed by atoms with Crippen molar-refractivity contribution in [2.45, 2.75) is 71.0 Å². The van der Waals surface area contributed by atoms with Crippen LogP contribution in [0.4, 0.5) is 0 Å². The van der Waals surface area contributed by atoms with E-state index in [9.17, 15) is 0 Å². The maximum absolute atomic E-state index is 5.73. The summed E-state index contributed by atoms with van der Waals surface area (Å²) in [6.07, 6.45) is 8.27. The summed E-state index contributed by atoms with van der Waals surface area (Å²) in [4.78, 5) is 7.02. The van der Waals surface area contributed by atoms with Crippen molar-refractivity contribution in [1.29, 1.82) is 0 Å². The molecule has 27 heavy (non-hydrogen) atoms. The number of thiocarbonyl (C=S) groups is 1. The summed E-state index contributed by atoms with van der Waals surface area (Å²) in [5, 5.41) is 4.41. The molecule has 1 aliphatic heterocycles. The molecule has 4 nitrogen and oxygen atoms in total. The van der Waals surface area contributed by atoms with Crippen LogP contribution in [-0.4, -0.2) is 26.1 Å². The van der Waals surface area contributed by atoms with Gasteiger partial charge in [0.1, 0.15) is 0 Å². The lowest BCUT2D eigenvalue weighted by molar-refractivity contribution is 0.315. The highest BCUT2D eigenvalue weighted by Crippen LogP contribution is 2.42. The van der Waals surface area contributed by atoms with Gasteiger partial charge in [0.25, 0.3) is 0 Å². The minimum atomic E-state index is 0.0998. The third-order valence-electron chi connectivity index (χ3n) is 6.19. The number of nitrogens with one attached hydrogen (secondary N) is 1. The summed E-state index contributed by atoms with van der Waals surface area (Å²) in [5.74, 6) is 0. The molecule has 2 aromatic heterocycles. The van der Waals surface area contributed by atoms with E-state index < -0.39 is 0 Å². The summed E-state index contributed by atoms with van der Waals surface area (Å²) in [6, 6.07) is 9.51. The summed E-state index contributed by atoms with van der Waals surface area (Å²) in [7, 11) is 0. The van der Waals surface area contributed by atoms with Gasteiger partial charge in [-0.3, -0.25) is 4.98 Å². The van der Waals surface area contributed by atoms with Crippen molar-refractivity contribution in [2.75, 3.05) is 6.54 Å². The molecule has 144 valence electrons. The monoisotopic (exact) mass is 382 g/mol. The van der Waals surface area contributed by atoms with E-state index in [1.54, 1.807) is 0 Å². The van der Waals surface area contributed by atoms with Crippen molar-refractivity contribution in [3.05, 3.63) is 53.1 Å². The van der Waals surface area contributed by atoms with Crippen molar-refractivity contribution >= 4 is 17.3 Å². The number of aryl methyl sites for hydroxylation is 1. The average Bonchev–Trinajstić information content (AvgIpc) is 3.36. The van der Waals surface area contributed by atoms with E-state index >= 15 is 0 Å². The van der Waals surface area contributed by atoms with Gasteiger partial charge in [-0.25, -0.2) is 0 Å². The minimum absolute atomic E-state index is 0.0998. The average molecular weight is 383 g/mol. The molecular weight excluding hydrogens is 352 g/mol. The van der Waals surface area contributed by atoms with Gasteiger partial charge in [0.05, 0.1) is 17.8 Å². The standard InChI is InChI=1S/C22H30N4S/c1-4-13-25-21(20(24-22(25)27)19-11-7-8-12-23-19)18-14-15(2)26(16(18)3)17-9-5-6-10-17/h7-8,11-12,14,17,20-21H,4-6,9-10,13H2,1-3H3,(H,24,27). The second-order valence-corrected chi connectivity index (χ2v) is 8.34. The Labute approximate surface area is 168 Å². The van der Waals surface area contributed by atoms with Gasteiger partial charge < -0.3 is 14.8 Å². The minimum Gasteiger partial charge on any atom is -0.352 e. The fourth-order valence-electron chi connectivity index (χ4n) is 5.05. The molecule has 2 aromatic rings. The Morgan fingerprint density at radius 2 is 2.00 bits per heavy atom.